The molecule has 0 aliphatic heterocycles. The van der Waals surface area contributed by atoms with Gasteiger partial charge in [0.05, 0.1) is 11.3 Å². The molecule has 2 aromatic carbocycles. The maximum Gasteiger partial charge on any atom is 0.340 e. The molecule has 2 amide bonds. The van der Waals surface area contributed by atoms with Gasteiger partial charge in [-0.05, 0) is 47.0 Å². The fourth-order valence-electron chi connectivity index (χ4n) is 2.85. The lowest BCUT2D eigenvalue weighted by molar-refractivity contribution is -0.124. The minimum absolute atomic E-state index is 0.111. The molecule has 0 saturated carbocycles. The van der Waals surface area contributed by atoms with E-state index in [1.165, 1.54) is 17.1 Å². The van der Waals surface area contributed by atoms with Crippen molar-refractivity contribution >= 4 is 23.5 Å². The van der Waals surface area contributed by atoms with Gasteiger partial charge in [0, 0.05) is 6.54 Å². The lowest BCUT2D eigenvalue weighted by atomic mass is 10.1. The highest BCUT2D eigenvalue weighted by molar-refractivity contribution is 6.01. The molecule has 0 saturated heterocycles. The van der Waals surface area contributed by atoms with Gasteiger partial charge < -0.3 is 15.4 Å². The number of rotatable bonds is 9. The van der Waals surface area contributed by atoms with Crippen LogP contribution in [0.15, 0.2) is 54.9 Å². The molecule has 2 N–H and O–H groups in total. The van der Waals surface area contributed by atoms with Crippen molar-refractivity contribution < 1.29 is 19.1 Å². The van der Waals surface area contributed by atoms with E-state index >= 15 is 0 Å². The number of ether oxygens (including phenoxy) is 1. The molecule has 10 heteroatoms. The number of tetrazole rings is 1. The zero-order chi connectivity index (χ0) is 22.1. The lowest BCUT2D eigenvalue weighted by Crippen LogP contribution is -2.30. The van der Waals surface area contributed by atoms with Crippen LogP contribution in [0.4, 0.5) is 5.69 Å². The fraction of sp³-hybridized carbons (Fsp3) is 0.238. The van der Waals surface area contributed by atoms with Crippen molar-refractivity contribution in [3.05, 3.63) is 71.5 Å². The number of para-hydroxylation sites is 1. The number of nitrogens with one attached hydrogen (secondary N) is 2. The highest BCUT2D eigenvalue weighted by Gasteiger charge is 2.16. The fourth-order valence-corrected chi connectivity index (χ4v) is 2.85. The summed E-state index contributed by atoms with van der Waals surface area (Å²) in [5, 5.41) is 15.9. The first kappa shape index (κ1) is 21.6. The molecule has 3 aromatic rings. The van der Waals surface area contributed by atoms with E-state index in [0.29, 0.717) is 13.0 Å². The molecule has 1 heterocycles. The molecule has 10 nitrogen and oxygen atoms in total. The summed E-state index contributed by atoms with van der Waals surface area (Å²) in [7, 11) is 0. The van der Waals surface area contributed by atoms with Gasteiger partial charge in [0.2, 0.25) is 5.91 Å². The molecule has 160 valence electrons. The average molecular weight is 422 g/mol. The molecular weight excluding hydrogens is 400 g/mol. The van der Waals surface area contributed by atoms with E-state index in [1.807, 2.05) is 31.2 Å². The number of benzene rings is 2. The van der Waals surface area contributed by atoms with Crippen molar-refractivity contribution in [1.82, 2.24) is 25.5 Å². The molecule has 1 aromatic heterocycles. The van der Waals surface area contributed by atoms with Gasteiger partial charge in [0.15, 0.2) is 6.61 Å². The quantitative estimate of drug-likeness (QED) is 0.495. The first-order chi connectivity index (χ1) is 15.0. The second kappa shape index (κ2) is 10.6. The molecular formula is C21H22N6O4. The van der Waals surface area contributed by atoms with E-state index in [-0.39, 0.29) is 17.8 Å². The SMILES string of the molecule is Cc1ccccc1CCNC(=O)COC(=O)c1ccccc1NC(=O)Cn1cnnn1. The number of aromatic nitrogens is 4. The smallest absolute Gasteiger partial charge is 0.340 e. The third-order valence-electron chi connectivity index (χ3n) is 4.43. The summed E-state index contributed by atoms with van der Waals surface area (Å²) in [6, 6.07) is 14.3. The van der Waals surface area contributed by atoms with E-state index in [4.69, 9.17) is 4.74 Å². The van der Waals surface area contributed by atoms with E-state index < -0.39 is 24.4 Å². The maximum absolute atomic E-state index is 12.4. The summed E-state index contributed by atoms with van der Waals surface area (Å²) in [6.07, 6.45) is 1.99. The number of amides is 2. The summed E-state index contributed by atoms with van der Waals surface area (Å²) >= 11 is 0. The average Bonchev–Trinajstić information content (AvgIpc) is 3.26. The van der Waals surface area contributed by atoms with Gasteiger partial charge >= 0.3 is 5.97 Å². The molecule has 0 aliphatic rings. The second-order valence-electron chi connectivity index (χ2n) is 6.70. The largest absolute Gasteiger partial charge is 0.452 e. The normalized spacial score (nSPS) is 10.4. The zero-order valence-corrected chi connectivity index (χ0v) is 16.9. The molecule has 3 rings (SSSR count). The van der Waals surface area contributed by atoms with Crippen molar-refractivity contribution in [1.29, 1.82) is 0 Å². The van der Waals surface area contributed by atoms with Gasteiger partial charge in [-0.1, -0.05) is 36.4 Å². The number of hydrogen-bond donors (Lipinski definition) is 2. The van der Waals surface area contributed by atoms with Crippen molar-refractivity contribution in [2.45, 2.75) is 19.9 Å². The number of carbonyl (C=O) groups excluding carboxylic acids is 3. The molecule has 0 unspecified atom stereocenters. The topological polar surface area (TPSA) is 128 Å². The van der Waals surface area contributed by atoms with Crippen LogP contribution in [0, 0.1) is 6.92 Å². The van der Waals surface area contributed by atoms with Crippen molar-refractivity contribution in [2.24, 2.45) is 0 Å². The Morgan fingerprint density at radius 3 is 2.58 bits per heavy atom. The van der Waals surface area contributed by atoms with Crippen LogP contribution in [0.5, 0.6) is 0 Å². The van der Waals surface area contributed by atoms with Crippen molar-refractivity contribution in [3.63, 3.8) is 0 Å². The number of esters is 1. The predicted octanol–water partition coefficient (Wildman–Crippen LogP) is 1.14. The van der Waals surface area contributed by atoms with Crippen molar-refractivity contribution in [2.75, 3.05) is 18.5 Å². The number of carbonyl (C=O) groups is 3. The minimum atomic E-state index is -0.715. The highest BCUT2D eigenvalue weighted by Crippen LogP contribution is 2.16. The Hall–Kier alpha value is -4.08. The molecule has 0 aliphatic carbocycles. The zero-order valence-electron chi connectivity index (χ0n) is 16.9. The van der Waals surface area contributed by atoms with Crippen LogP contribution in [0.1, 0.15) is 21.5 Å². The first-order valence-electron chi connectivity index (χ1n) is 9.61. The standard InChI is InChI=1S/C21H22N6O4/c1-15-6-2-3-7-16(15)10-11-22-20(29)13-31-21(30)17-8-4-5-9-18(17)24-19(28)12-27-14-23-25-26-27/h2-9,14H,10-13H2,1H3,(H,22,29)(H,24,28). The van der Waals surface area contributed by atoms with Crippen LogP contribution in [0.25, 0.3) is 0 Å². The summed E-state index contributed by atoms with van der Waals surface area (Å²) < 4.78 is 6.35. The Morgan fingerprint density at radius 2 is 1.81 bits per heavy atom. The Morgan fingerprint density at radius 1 is 1.03 bits per heavy atom. The van der Waals surface area contributed by atoms with E-state index in [2.05, 4.69) is 26.2 Å². The Bertz CT molecular complexity index is 1050. The van der Waals surface area contributed by atoms with Crippen LogP contribution < -0.4 is 10.6 Å². The molecule has 0 fully saturated rings. The summed E-state index contributed by atoms with van der Waals surface area (Å²) in [4.78, 5) is 36.6. The summed E-state index contributed by atoms with van der Waals surface area (Å²) in [5.74, 6) is -1.53. The summed E-state index contributed by atoms with van der Waals surface area (Å²) in [5.41, 5.74) is 2.71. The molecule has 0 radical (unpaired) electrons. The van der Waals surface area contributed by atoms with Crippen LogP contribution in [0.2, 0.25) is 0 Å². The van der Waals surface area contributed by atoms with Crippen LogP contribution in [-0.4, -0.2) is 51.1 Å². The molecule has 0 spiro atoms. The van der Waals surface area contributed by atoms with Crippen LogP contribution in [0.3, 0.4) is 0 Å². The van der Waals surface area contributed by atoms with Gasteiger partial charge in [-0.2, -0.15) is 0 Å². The third kappa shape index (κ3) is 6.46. The van der Waals surface area contributed by atoms with Gasteiger partial charge in [-0.25, -0.2) is 9.48 Å². The maximum atomic E-state index is 12.4. The molecule has 31 heavy (non-hydrogen) atoms. The lowest BCUT2D eigenvalue weighted by Gasteiger charge is -2.11. The Kier molecular flexibility index (Phi) is 7.41. The number of anilines is 1. The van der Waals surface area contributed by atoms with E-state index in [1.54, 1.807) is 18.2 Å². The number of aryl methyl sites for hydroxylation is 1. The summed E-state index contributed by atoms with van der Waals surface area (Å²) in [6.45, 7) is 1.92. The predicted molar refractivity (Wildman–Crippen MR) is 111 cm³/mol. The Balaban J connectivity index is 1.48. The van der Waals surface area contributed by atoms with E-state index in [9.17, 15) is 14.4 Å². The van der Waals surface area contributed by atoms with Gasteiger partial charge in [0.25, 0.3) is 5.91 Å². The molecule has 0 bridgehead atoms. The molecule has 0 atom stereocenters. The van der Waals surface area contributed by atoms with Gasteiger partial charge in [-0.15, -0.1) is 5.10 Å². The highest BCUT2D eigenvalue weighted by atomic mass is 16.5. The Labute approximate surface area is 178 Å². The van der Waals surface area contributed by atoms with Crippen LogP contribution >= 0.6 is 0 Å². The van der Waals surface area contributed by atoms with E-state index in [0.717, 1.165) is 11.1 Å². The first-order valence-corrected chi connectivity index (χ1v) is 9.61. The van der Waals surface area contributed by atoms with Gasteiger partial charge in [-0.3, -0.25) is 9.59 Å². The van der Waals surface area contributed by atoms with Gasteiger partial charge in [0.1, 0.15) is 12.9 Å². The van der Waals surface area contributed by atoms with Crippen molar-refractivity contribution in [3.8, 4) is 0 Å². The third-order valence-corrected chi connectivity index (χ3v) is 4.43. The minimum Gasteiger partial charge on any atom is -0.452 e. The number of hydrogen-bond acceptors (Lipinski definition) is 7. The van der Waals surface area contributed by atoms with Crippen LogP contribution in [-0.2, 0) is 27.3 Å². The monoisotopic (exact) mass is 422 g/mol. The number of nitrogens with zero attached hydrogens (tertiary/aromatic N) is 4. The second-order valence-corrected chi connectivity index (χ2v) is 6.70.